The lowest BCUT2D eigenvalue weighted by Gasteiger charge is -2.22. The van der Waals surface area contributed by atoms with Gasteiger partial charge in [-0.2, -0.15) is 0 Å². The Bertz CT molecular complexity index is 366. The van der Waals surface area contributed by atoms with E-state index < -0.39 is 0 Å². The zero-order valence-corrected chi connectivity index (χ0v) is 10.3. The Morgan fingerprint density at radius 2 is 2.24 bits per heavy atom. The van der Waals surface area contributed by atoms with E-state index in [1.54, 1.807) is 14.0 Å². The molecule has 0 radical (unpaired) electrons. The fourth-order valence-corrected chi connectivity index (χ4v) is 1.21. The molecule has 1 amide bonds. The number of hydrogen-bond acceptors (Lipinski definition) is 5. The molecule has 1 aromatic heterocycles. The quantitative estimate of drug-likeness (QED) is 0.774. The van der Waals surface area contributed by atoms with Crippen LogP contribution in [-0.4, -0.2) is 52.1 Å². The Labute approximate surface area is 101 Å². The Balaban J connectivity index is 2.75. The molecule has 0 spiro atoms. The lowest BCUT2D eigenvalue weighted by molar-refractivity contribution is 0.0676. The number of rotatable bonds is 5. The molecule has 17 heavy (non-hydrogen) atoms. The summed E-state index contributed by atoms with van der Waals surface area (Å²) < 4.78 is 0. The SMILES string of the molecule is CCNc1cnc(C(=O)N(C)C(C)CO)cn1. The molecule has 2 N–H and O–H groups in total. The van der Waals surface area contributed by atoms with Gasteiger partial charge >= 0.3 is 0 Å². The van der Waals surface area contributed by atoms with Crippen molar-refractivity contribution >= 4 is 11.7 Å². The van der Waals surface area contributed by atoms with E-state index in [4.69, 9.17) is 5.11 Å². The Hall–Kier alpha value is -1.69. The number of anilines is 1. The highest BCUT2D eigenvalue weighted by Gasteiger charge is 2.18. The molecule has 0 saturated heterocycles. The fraction of sp³-hybridized carbons (Fsp3) is 0.545. The maximum absolute atomic E-state index is 11.9. The van der Waals surface area contributed by atoms with Gasteiger partial charge < -0.3 is 15.3 Å². The molecule has 6 heteroatoms. The van der Waals surface area contributed by atoms with Gasteiger partial charge in [0.05, 0.1) is 25.0 Å². The highest BCUT2D eigenvalue weighted by atomic mass is 16.3. The van der Waals surface area contributed by atoms with Crippen LogP contribution in [0.25, 0.3) is 0 Å². The molecular formula is C11H18N4O2. The first kappa shape index (κ1) is 13.4. The smallest absolute Gasteiger partial charge is 0.274 e. The molecule has 0 bridgehead atoms. The largest absolute Gasteiger partial charge is 0.394 e. The van der Waals surface area contributed by atoms with Crippen LogP contribution in [0.5, 0.6) is 0 Å². The van der Waals surface area contributed by atoms with E-state index in [1.807, 2.05) is 6.92 Å². The molecule has 0 aliphatic rings. The van der Waals surface area contributed by atoms with E-state index in [1.165, 1.54) is 17.3 Å². The van der Waals surface area contributed by atoms with Crippen LogP contribution in [0.2, 0.25) is 0 Å². The molecular weight excluding hydrogens is 220 g/mol. The Morgan fingerprint density at radius 3 is 2.71 bits per heavy atom. The van der Waals surface area contributed by atoms with Gasteiger partial charge in [-0.1, -0.05) is 0 Å². The van der Waals surface area contributed by atoms with E-state index in [9.17, 15) is 4.79 Å². The Kier molecular flexibility index (Phi) is 4.84. The molecule has 1 rings (SSSR count). The standard InChI is InChI=1S/C11H18N4O2/c1-4-12-10-6-13-9(5-14-10)11(17)15(3)8(2)7-16/h5-6,8,16H,4,7H2,1-3H3,(H,12,14). The highest BCUT2D eigenvalue weighted by molar-refractivity contribution is 5.92. The predicted octanol–water partition coefficient (Wildman–Crippen LogP) is 0.361. The average Bonchev–Trinajstić information content (AvgIpc) is 2.37. The molecule has 6 nitrogen and oxygen atoms in total. The van der Waals surface area contributed by atoms with Crippen LogP contribution in [0.3, 0.4) is 0 Å². The van der Waals surface area contributed by atoms with Gasteiger partial charge in [0.1, 0.15) is 11.5 Å². The van der Waals surface area contributed by atoms with Gasteiger partial charge in [-0.15, -0.1) is 0 Å². The maximum Gasteiger partial charge on any atom is 0.274 e. The van der Waals surface area contributed by atoms with Crippen molar-refractivity contribution in [2.24, 2.45) is 0 Å². The van der Waals surface area contributed by atoms with Crippen molar-refractivity contribution in [2.75, 3.05) is 25.5 Å². The fourth-order valence-electron chi connectivity index (χ4n) is 1.21. The van der Waals surface area contributed by atoms with Crippen LogP contribution in [0.1, 0.15) is 24.3 Å². The van der Waals surface area contributed by atoms with Gasteiger partial charge in [-0.05, 0) is 13.8 Å². The van der Waals surface area contributed by atoms with E-state index >= 15 is 0 Å². The highest BCUT2D eigenvalue weighted by Crippen LogP contribution is 2.05. The lowest BCUT2D eigenvalue weighted by Crippen LogP contribution is -2.37. The monoisotopic (exact) mass is 238 g/mol. The summed E-state index contributed by atoms with van der Waals surface area (Å²) in [5.41, 5.74) is 0.273. The zero-order chi connectivity index (χ0) is 12.8. The summed E-state index contributed by atoms with van der Waals surface area (Å²) >= 11 is 0. The van der Waals surface area contributed by atoms with Crippen molar-refractivity contribution in [3.63, 3.8) is 0 Å². The van der Waals surface area contributed by atoms with Crippen LogP contribution in [0, 0.1) is 0 Å². The number of nitrogens with one attached hydrogen (secondary N) is 1. The third-order valence-electron chi connectivity index (χ3n) is 2.47. The van der Waals surface area contributed by atoms with Crippen molar-refractivity contribution in [3.05, 3.63) is 18.1 Å². The second-order valence-corrected chi connectivity index (χ2v) is 3.76. The van der Waals surface area contributed by atoms with E-state index in [0.717, 1.165) is 6.54 Å². The third-order valence-corrected chi connectivity index (χ3v) is 2.47. The number of aliphatic hydroxyl groups is 1. The summed E-state index contributed by atoms with van der Waals surface area (Å²) in [6, 6.07) is -0.238. The molecule has 1 atom stereocenters. The van der Waals surface area contributed by atoms with Crippen molar-refractivity contribution < 1.29 is 9.90 Å². The first-order valence-corrected chi connectivity index (χ1v) is 5.54. The summed E-state index contributed by atoms with van der Waals surface area (Å²) in [5, 5.41) is 12.0. The molecule has 0 saturated carbocycles. The summed E-state index contributed by atoms with van der Waals surface area (Å²) in [6.45, 7) is 4.39. The number of aliphatic hydroxyl groups excluding tert-OH is 1. The first-order chi connectivity index (χ1) is 8.10. The molecule has 1 heterocycles. The van der Waals surface area contributed by atoms with Crippen LogP contribution in [0.4, 0.5) is 5.82 Å². The van der Waals surface area contributed by atoms with Crippen molar-refractivity contribution in [3.8, 4) is 0 Å². The number of amides is 1. The lowest BCUT2D eigenvalue weighted by atomic mass is 10.3. The molecule has 0 aliphatic carbocycles. The number of carbonyl (C=O) groups excluding carboxylic acids is 1. The maximum atomic E-state index is 11.9. The minimum absolute atomic E-state index is 0.0782. The van der Waals surface area contributed by atoms with Crippen molar-refractivity contribution in [1.29, 1.82) is 0 Å². The summed E-state index contributed by atoms with van der Waals surface area (Å²) in [5.74, 6) is 0.393. The van der Waals surface area contributed by atoms with Gasteiger partial charge in [-0.3, -0.25) is 4.79 Å². The second kappa shape index (κ2) is 6.15. The minimum Gasteiger partial charge on any atom is -0.394 e. The molecule has 0 aliphatic heterocycles. The topological polar surface area (TPSA) is 78.4 Å². The summed E-state index contributed by atoms with van der Waals surface area (Å²) in [4.78, 5) is 21.5. The number of carbonyl (C=O) groups is 1. The molecule has 1 aromatic rings. The van der Waals surface area contributed by atoms with Gasteiger partial charge in [0.25, 0.3) is 5.91 Å². The first-order valence-electron chi connectivity index (χ1n) is 5.54. The number of likely N-dealkylation sites (N-methyl/N-ethyl adjacent to an activating group) is 1. The molecule has 0 fully saturated rings. The van der Waals surface area contributed by atoms with E-state index in [2.05, 4.69) is 15.3 Å². The Morgan fingerprint density at radius 1 is 1.53 bits per heavy atom. The van der Waals surface area contributed by atoms with E-state index in [-0.39, 0.29) is 24.2 Å². The van der Waals surface area contributed by atoms with Crippen molar-refractivity contribution in [2.45, 2.75) is 19.9 Å². The third kappa shape index (κ3) is 3.39. The molecule has 1 unspecified atom stereocenters. The van der Waals surface area contributed by atoms with Gasteiger partial charge in [0, 0.05) is 13.6 Å². The van der Waals surface area contributed by atoms with Crippen LogP contribution < -0.4 is 5.32 Å². The van der Waals surface area contributed by atoms with Crippen LogP contribution >= 0.6 is 0 Å². The summed E-state index contributed by atoms with van der Waals surface area (Å²) in [6.07, 6.45) is 2.95. The number of nitrogens with zero attached hydrogens (tertiary/aromatic N) is 3. The van der Waals surface area contributed by atoms with Gasteiger partial charge in [-0.25, -0.2) is 9.97 Å². The van der Waals surface area contributed by atoms with Crippen LogP contribution in [0.15, 0.2) is 12.4 Å². The van der Waals surface area contributed by atoms with Gasteiger partial charge in [0.2, 0.25) is 0 Å². The molecule has 0 aromatic carbocycles. The molecule has 94 valence electrons. The van der Waals surface area contributed by atoms with Gasteiger partial charge in [0.15, 0.2) is 0 Å². The number of aromatic nitrogens is 2. The predicted molar refractivity (Wildman–Crippen MR) is 64.8 cm³/mol. The summed E-state index contributed by atoms with van der Waals surface area (Å²) in [7, 11) is 1.63. The zero-order valence-electron chi connectivity index (χ0n) is 10.3. The van der Waals surface area contributed by atoms with E-state index in [0.29, 0.717) is 5.82 Å². The minimum atomic E-state index is -0.248. The number of hydrogen-bond donors (Lipinski definition) is 2. The normalized spacial score (nSPS) is 12.0. The van der Waals surface area contributed by atoms with Crippen LogP contribution in [-0.2, 0) is 0 Å². The van der Waals surface area contributed by atoms with Crippen molar-refractivity contribution in [1.82, 2.24) is 14.9 Å². The average molecular weight is 238 g/mol. The second-order valence-electron chi connectivity index (χ2n) is 3.76.